The number of rotatable bonds is 12. The summed E-state index contributed by atoms with van der Waals surface area (Å²) in [4.78, 5) is 2.61. The zero-order valence-corrected chi connectivity index (χ0v) is 21.3. The number of aliphatic hydroxyl groups excluding tert-OH is 1. The van der Waals surface area contributed by atoms with Crippen LogP contribution in [0.5, 0.6) is 0 Å². The van der Waals surface area contributed by atoms with Crippen LogP contribution in [0.1, 0.15) is 83.8 Å². The van der Waals surface area contributed by atoms with Gasteiger partial charge >= 0.3 is 0 Å². The van der Waals surface area contributed by atoms with Gasteiger partial charge in [0.1, 0.15) is 0 Å². The highest BCUT2D eigenvalue weighted by Crippen LogP contribution is 2.48. The maximum absolute atomic E-state index is 10.6. The highest BCUT2D eigenvalue weighted by molar-refractivity contribution is 5.23. The topological polar surface area (TPSA) is 23.5 Å². The molecule has 178 valence electrons. The number of hydrogen-bond acceptors (Lipinski definition) is 2. The van der Waals surface area contributed by atoms with Crippen molar-refractivity contribution in [1.29, 1.82) is 0 Å². The second kappa shape index (κ2) is 12.2. The van der Waals surface area contributed by atoms with Crippen molar-refractivity contribution < 1.29 is 5.11 Å². The number of benzene rings is 1. The first-order valence-corrected chi connectivity index (χ1v) is 13.2. The molecule has 0 amide bonds. The van der Waals surface area contributed by atoms with E-state index in [0.717, 1.165) is 19.3 Å². The zero-order chi connectivity index (χ0) is 23.1. The lowest BCUT2D eigenvalue weighted by molar-refractivity contribution is 0.141. The summed E-state index contributed by atoms with van der Waals surface area (Å²) in [5.41, 5.74) is 4.41. The third-order valence-corrected chi connectivity index (χ3v) is 7.73. The third kappa shape index (κ3) is 7.06. The highest BCUT2D eigenvalue weighted by Gasteiger charge is 2.43. The lowest BCUT2D eigenvalue weighted by Crippen LogP contribution is -2.37. The molecular weight excluding hydrogens is 390 g/mol. The monoisotopic (exact) mass is 437 g/mol. The van der Waals surface area contributed by atoms with Crippen LogP contribution in [0.15, 0.2) is 48.1 Å². The van der Waals surface area contributed by atoms with Gasteiger partial charge in [-0.25, -0.2) is 0 Å². The normalized spacial score (nSPS) is 25.5. The lowest BCUT2D eigenvalue weighted by Gasteiger charge is -2.30. The van der Waals surface area contributed by atoms with Gasteiger partial charge in [-0.1, -0.05) is 60.1 Å². The van der Waals surface area contributed by atoms with E-state index in [-0.39, 0.29) is 6.10 Å². The molecule has 1 aromatic carbocycles. The average molecular weight is 438 g/mol. The summed E-state index contributed by atoms with van der Waals surface area (Å²) in [6.45, 7) is 12.6. The molecule has 1 fully saturated rings. The Labute approximate surface area is 197 Å². The van der Waals surface area contributed by atoms with E-state index < -0.39 is 0 Å². The Morgan fingerprint density at radius 2 is 1.84 bits per heavy atom. The Morgan fingerprint density at radius 3 is 2.56 bits per heavy atom. The van der Waals surface area contributed by atoms with E-state index in [0.29, 0.717) is 29.8 Å². The molecule has 1 saturated carbocycles. The fourth-order valence-electron chi connectivity index (χ4n) is 6.10. The van der Waals surface area contributed by atoms with Crippen LogP contribution in [0.3, 0.4) is 0 Å². The van der Waals surface area contributed by atoms with Crippen LogP contribution in [0.25, 0.3) is 0 Å². The van der Waals surface area contributed by atoms with E-state index >= 15 is 0 Å². The fraction of sp³-hybridized carbons (Fsp3) is 0.667. The number of unbranched alkanes of at least 4 members (excludes halogenated alkanes) is 2. The van der Waals surface area contributed by atoms with Gasteiger partial charge in [0.05, 0.1) is 6.10 Å². The Balaban J connectivity index is 1.39. The molecule has 0 heterocycles. The van der Waals surface area contributed by atoms with E-state index in [1.54, 1.807) is 5.57 Å². The largest absolute Gasteiger partial charge is 0.392 e. The van der Waals surface area contributed by atoms with Gasteiger partial charge in [-0.05, 0) is 104 Å². The smallest absolute Gasteiger partial charge is 0.0611 e. The molecular formula is C30H47NO. The molecule has 0 radical (unpaired) electrons. The number of nitrogens with zero attached hydrogens (tertiary/aromatic N) is 1. The van der Waals surface area contributed by atoms with Gasteiger partial charge in [-0.3, -0.25) is 4.90 Å². The molecule has 0 saturated heterocycles. The molecule has 4 atom stereocenters. The molecule has 1 N–H and O–H groups in total. The number of fused-ring (bicyclic) bond motifs is 1. The van der Waals surface area contributed by atoms with Crippen LogP contribution >= 0.6 is 0 Å². The van der Waals surface area contributed by atoms with Crippen molar-refractivity contribution in [2.24, 2.45) is 17.8 Å². The van der Waals surface area contributed by atoms with Crippen molar-refractivity contribution in [3.8, 4) is 0 Å². The predicted octanol–water partition coefficient (Wildman–Crippen LogP) is 7.11. The highest BCUT2D eigenvalue weighted by atomic mass is 16.3. The maximum Gasteiger partial charge on any atom is 0.0611 e. The molecule has 2 nitrogen and oxygen atoms in total. The van der Waals surface area contributed by atoms with Gasteiger partial charge in [0.15, 0.2) is 0 Å². The minimum atomic E-state index is -0.156. The van der Waals surface area contributed by atoms with Crippen molar-refractivity contribution >= 4 is 0 Å². The van der Waals surface area contributed by atoms with Gasteiger partial charge in [0.25, 0.3) is 0 Å². The second-order valence-corrected chi connectivity index (χ2v) is 10.9. The first kappa shape index (κ1) is 25.2. The second-order valence-electron chi connectivity index (χ2n) is 10.9. The minimum absolute atomic E-state index is 0.156. The fourth-order valence-corrected chi connectivity index (χ4v) is 6.10. The van der Waals surface area contributed by atoms with Crippen LogP contribution in [-0.2, 0) is 6.42 Å². The molecule has 0 unspecified atom stereocenters. The Bertz CT molecular complexity index is 754. The summed E-state index contributed by atoms with van der Waals surface area (Å²) >= 11 is 0. The molecule has 2 aliphatic carbocycles. The summed E-state index contributed by atoms with van der Waals surface area (Å²) < 4.78 is 0. The molecule has 2 aliphatic rings. The predicted molar refractivity (Wildman–Crippen MR) is 138 cm³/mol. The summed E-state index contributed by atoms with van der Waals surface area (Å²) in [5, 5.41) is 10.6. The van der Waals surface area contributed by atoms with E-state index in [1.807, 2.05) is 0 Å². The molecule has 0 spiro atoms. The first-order chi connectivity index (χ1) is 15.3. The zero-order valence-electron chi connectivity index (χ0n) is 21.3. The number of aliphatic hydroxyl groups is 1. The number of allylic oxidation sites excluding steroid dienone is 3. The quantitative estimate of drug-likeness (QED) is 0.278. The van der Waals surface area contributed by atoms with Gasteiger partial charge in [-0.15, -0.1) is 0 Å². The van der Waals surface area contributed by atoms with Crippen LogP contribution in [0, 0.1) is 24.7 Å². The Morgan fingerprint density at radius 1 is 1.06 bits per heavy atom. The van der Waals surface area contributed by atoms with Crippen molar-refractivity contribution in [1.82, 2.24) is 4.90 Å². The lowest BCUT2D eigenvalue weighted by atomic mass is 9.88. The van der Waals surface area contributed by atoms with Crippen molar-refractivity contribution in [2.45, 2.75) is 104 Å². The summed E-state index contributed by atoms with van der Waals surface area (Å²) in [5.74, 6) is 1.58. The van der Waals surface area contributed by atoms with E-state index in [2.05, 4.69) is 82.0 Å². The van der Waals surface area contributed by atoms with Crippen molar-refractivity contribution in [3.63, 3.8) is 0 Å². The number of aryl methyl sites for hydroxylation is 2. The summed E-state index contributed by atoms with van der Waals surface area (Å²) in [6.07, 6.45) is 16.6. The van der Waals surface area contributed by atoms with Crippen LogP contribution in [-0.4, -0.2) is 34.7 Å². The molecule has 3 rings (SSSR count). The van der Waals surface area contributed by atoms with Crippen LogP contribution < -0.4 is 0 Å². The van der Waals surface area contributed by atoms with E-state index in [1.165, 1.54) is 49.8 Å². The molecule has 1 aromatic rings. The molecule has 0 aliphatic heterocycles. The average Bonchev–Trinajstić information content (AvgIpc) is 3.24. The summed E-state index contributed by atoms with van der Waals surface area (Å²) in [7, 11) is 0. The first-order valence-electron chi connectivity index (χ1n) is 13.2. The SMILES string of the molecule is Cc1cccc(CCC=C[C@@H]2[C@H]3CC(CCCCCN(C(C)C)C(C)C)=C[C@H]3C[C@H]2O)c1. The maximum atomic E-state index is 10.6. The van der Waals surface area contributed by atoms with Gasteiger partial charge in [-0.2, -0.15) is 0 Å². The minimum Gasteiger partial charge on any atom is -0.392 e. The number of hydrogen-bond donors (Lipinski definition) is 1. The third-order valence-electron chi connectivity index (χ3n) is 7.73. The standard InChI is InChI=1S/C30H47NO/c1-22(2)31(23(3)4)17-10-6-7-14-26-19-27-21-30(32)28(29(27)20-26)16-9-8-13-25-15-11-12-24(5)18-25/h9,11-12,15-16,18-19,22-23,27-30,32H,6-8,10,13-14,17,20-21H2,1-5H3/t27-,28+,29-,30+/m0/s1. The van der Waals surface area contributed by atoms with Gasteiger partial charge < -0.3 is 5.11 Å². The van der Waals surface area contributed by atoms with Crippen molar-refractivity contribution in [3.05, 3.63) is 59.2 Å². The van der Waals surface area contributed by atoms with E-state index in [4.69, 9.17) is 0 Å². The Kier molecular flexibility index (Phi) is 9.61. The van der Waals surface area contributed by atoms with Crippen LogP contribution in [0.2, 0.25) is 0 Å². The Hall–Kier alpha value is -1.38. The molecule has 32 heavy (non-hydrogen) atoms. The van der Waals surface area contributed by atoms with Gasteiger partial charge in [0, 0.05) is 18.0 Å². The summed E-state index contributed by atoms with van der Waals surface area (Å²) in [6, 6.07) is 10.1. The molecule has 0 aromatic heterocycles. The van der Waals surface area contributed by atoms with Crippen molar-refractivity contribution in [2.75, 3.05) is 6.54 Å². The van der Waals surface area contributed by atoms with Crippen LogP contribution in [0.4, 0.5) is 0 Å². The van der Waals surface area contributed by atoms with E-state index in [9.17, 15) is 5.11 Å². The van der Waals surface area contributed by atoms with Gasteiger partial charge in [0.2, 0.25) is 0 Å². The molecule has 2 heteroatoms. The molecule has 0 bridgehead atoms.